The predicted octanol–water partition coefficient (Wildman–Crippen LogP) is 3.27. The van der Waals surface area contributed by atoms with E-state index >= 15 is 0 Å². The van der Waals surface area contributed by atoms with Gasteiger partial charge in [-0.2, -0.15) is 0 Å². The van der Waals surface area contributed by atoms with Crippen molar-refractivity contribution in [2.75, 3.05) is 45.9 Å². The molecular formula is C27H33ClN4O3. The van der Waals surface area contributed by atoms with Gasteiger partial charge in [0.05, 0.1) is 25.6 Å². The van der Waals surface area contributed by atoms with Crippen LogP contribution in [0.2, 0.25) is 5.02 Å². The molecule has 1 saturated carbocycles. The number of nitrogens with one attached hydrogen (secondary N) is 1. The molecule has 35 heavy (non-hydrogen) atoms. The van der Waals surface area contributed by atoms with Crippen LogP contribution in [0, 0.1) is 5.92 Å². The van der Waals surface area contributed by atoms with Gasteiger partial charge in [0.1, 0.15) is 5.75 Å². The first-order valence-electron chi connectivity index (χ1n) is 12.5. The van der Waals surface area contributed by atoms with Crippen molar-refractivity contribution in [1.29, 1.82) is 0 Å². The Morgan fingerprint density at radius 3 is 2.66 bits per heavy atom. The highest BCUT2D eigenvalue weighted by Crippen LogP contribution is 2.46. The van der Waals surface area contributed by atoms with E-state index < -0.39 is 11.6 Å². The summed E-state index contributed by atoms with van der Waals surface area (Å²) in [7, 11) is 0. The van der Waals surface area contributed by atoms with Crippen molar-refractivity contribution in [3.05, 3.63) is 64.7 Å². The summed E-state index contributed by atoms with van der Waals surface area (Å²) in [5.41, 5.74) is 0.596. The third kappa shape index (κ3) is 5.47. The zero-order valence-electron chi connectivity index (χ0n) is 19.9. The first kappa shape index (κ1) is 24.1. The third-order valence-electron chi connectivity index (χ3n) is 7.20. The Labute approximate surface area is 211 Å². The van der Waals surface area contributed by atoms with Gasteiger partial charge in [0, 0.05) is 49.7 Å². The number of aliphatic imine (C=N–C) groups is 1. The second-order valence-electron chi connectivity index (χ2n) is 9.79. The van der Waals surface area contributed by atoms with Crippen LogP contribution in [0.3, 0.4) is 0 Å². The molecule has 1 amide bonds. The molecule has 0 radical (unpaired) electrons. The third-order valence-corrected chi connectivity index (χ3v) is 7.44. The van der Waals surface area contributed by atoms with E-state index in [2.05, 4.69) is 15.1 Å². The number of rotatable bonds is 9. The second-order valence-corrected chi connectivity index (χ2v) is 10.2. The van der Waals surface area contributed by atoms with Crippen LogP contribution >= 0.6 is 11.6 Å². The summed E-state index contributed by atoms with van der Waals surface area (Å²) in [5.74, 6) is 0.561. The largest absolute Gasteiger partial charge is 0.508 e. The lowest BCUT2D eigenvalue weighted by atomic mass is 9.79. The van der Waals surface area contributed by atoms with Crippen molar-refractivity contribution in [1.82, 2.24) is 15.1 Å². The summed E-state index contributed by atoms with van der Waals surface area (Å²) >= 11 is 6.16. The standard InChI is InChI=1S/C27H33ClN4O3/c28-22-8-9-23(24(33)16-22)25-27(17-20-4-2-1-3-5-20,30-19-32(25)18-21-6-7-21)26(34)29-10-11-31-12-14-35-15-13-31/h1-5,8-9,16,19,21,25,33H,6-7,10-15,17-18H2,(H,29,34)/t25-,27+/m0/s1. The molecule has 2 N–H and O–H groups in total. The molecule has 7 nitrogen and oxygen atoms in total. The van der Waals surface area contributed by atoms with Crippen LogP contribution in [0.5, 0.6) is 5.75 Å². The zero-order chi connectivity index (χ0) is 24.3. The number of phenols is 1. The second kappa shape index (κ2) is 10.6. The van der Waals surface area contributed by atoms with E-state index in [1.54, 1.807) is 12.1 Å². The number of benzene rings is 2. The van der Waals surface area contributed by atoms with E-state index in [0.717, 1.165) is 45.0 Å². The number of hydrogen-bond acceptors (Lipinski definition) is 6. The molecule has 2 aromatic carbocycles. The number of ether oxygens (including phenoxy) is 1. The number of carbonyl (C=O) groups excluding carboxylic acids is 1. The molecular weight excluding hydrogens is 464 g/mol. The molecule has 0 bridgehead atoms. The van der Waals surface area contributed by atoms with Gasteiger partial charge in [-0.1, -0.05) is 48.0 Å². The summed E-state index contributed by atoms with van der Waals surface area (Å²) in [5, 5.41) is 14.6. The number of halogens is 1. The summed E-state index contributed by atoms with van der Waals surface area (Å²) in [4.78, 5) is 23.4. The minimum Gasteiger partial charge on any atom is -0.508 e. The summed E-state index contributed by atoms with van der Waals surface area (Å²) < 4.78 is 5.44. The lowest BCUT2D eigenvalue weighted by Gasteiger charge is -2.37. The SMILES string of the molecule is O=C(NCCN1CCOCC1)[C@]1(Cc2ccccc2)N=CN(CC2CC2)[C@H]1c1ccc(Cl)cc1O. The minimum atomic E-state index is -1.10. The number of carbonyl (C=O) groups is 1. The van der Waals surface area contributed by atoms with Gasteiger partial charge >= 0.3 is 0 Å². The minimum absolute atomic E-state index is 0.0901. The van der Waals surface area contributed by atoms with E-state index in [9.17, 15) is 9.90 Å². The van der Waals surface area contributed by atoms with Crippen molar-refractivity contribution in [2.24, 2.45) is 10.9 Å². The highest BCUT2D eigenvalue weighted by atomic mass is 35.5. The normalized spacial score (nSPS) is 24.6. The monoisotopic (exact) mass is 496 g/mol. The van der Waals surface area contributed by atoms with Gasteiger partial charge in [-0.15, -0.1) is 0 Å². The molecule has 0 aromatic heterocycles. The molecule has 2 heterocycles. The van der Waals surface area contributed by atoms with Crippen molar-refractivity contribution in [3.63, 3.8) is 0 Å². The highest BCUT2D eigenvalue weighted by molar-refractivity contribution is 6.30. The fourth-order valence-electron chi connectivity index (χ4n) is 5.14. The molecule has 0 unspecified atom stereocenters. The molecule has 2 aromatic rings. The van der Waals surface area contributed by atoms with Gasteiger partial charge in [0.2, 0.25) is 0 Å². The Bertz CT molecular complexity index is 1060. The van der Waals surface area contributed by atoms with Crippen LogP contribution in [0.1, 0.15) is 30.0 Å². The highest BCUT2D eigenvalue weighted by Gasteiger charge is 2.53. The molecule has 0 spiro atoms. The maximum absolute atomic E-state index is 14.0. The predicted molar refractivity (Wildman–Crippen MR) is 137 cm³/mol. The van der Waals surface area contributed by atoms with Crippen LogP contribution in [-0.2, 0) is 16.0 Å². The lowest BCUT2D eigenvalue weighted by Crippen LogP contribution is -2.53. The molecule has 1 aliphatic carbocycles. The summed E-state index contributed by atoms with van der Waals surface area (Å²) in [6.45, 7) is 5.32. The Morgan fingerprint density at radius 2 is 1.94 bits per heavy atom. The van der Waals surface area contributed by atoms with Crippen LogP contribution in [0.25, 0.3) is 0 Å². The molecule has 5 rings (SSSR count). The van der Waals surface area contributed by atoms with Gasteiger partial charge in [-0.25, -0.2) is 0 Å². The fraction of sp³-hybridized carbons (Fsp3) is 0.481. The van der Waals surface area contributed by atoms with Gasteiger partial charge in [-0.3, -0.25) is 14.7 Å². The van der Waals surface area contributed by atoms with Crippen molar-refractivity contribution in [2.45, 2.75) is 30.8 Å². The maximum atomic E-state index is 14.0. The number of amides is 1. The van der Waals surface area contributed by atoms with Gasteiger partial charge in [-0.05, 0) is 36.5 Å². The summed E-state index contributed by atoms with van der Waals surface area (Å²) in [6, 6.07) is 14.7. The number of nitrogens with zero attached hydrogens (tertiary/aromatic N) is 3. The van der Waals surface area contributed by atoms with Crippen LogP contribution in [0.4, 0.5) is 0 Å². The fourth-order valence-corrected chi connectivity index (χ4v) is 5.31. The maximum Gasteiger partial charge on any atom is 0.250 e. The quantitative estimate of drug-likeness (QED) is 0.557. The Hall–Kier alpha value is -2.61. The zero-order valence-corrected chi connectivity index (χ0v) is 20.7. The van der Waals surface area contributed by atoms with Crippen molar-refractivity contribution < 1.29 is 14.6 Å². The molecule has 3 aliphatic rings. The Kier molecular flexibility index (Phi) is 7.27. The molecule has 8 heteroatoms. The van der Waals surface area contributed by atoms with E-state index in [1.165, 1.54) is 12.8 Å². The number of phenolic OH excluding ortho intramolecular Hbond substituents is 1. The van der Waals surface area contributed by atoms with Gasteiger partial charge in [0.25, 0.3) is 5.91 Å². The van der Waals surface area contributed by atoms with E-state index in [-0.39, 0.29) is 11.7 Å². The molecule has 2 fully saturated rings. The molecule has 186 valence electrons. The molecule has 2 aliphatic heterocycles. The smallest absolute Gasteiger partial charge is 0.250 e. The average molecular weight is 497 g/mol. The van der Waals surface area contributed by atoms with Crippen LogP contribution in [0.15, 0.2) is 53.5 Å². The average Bonchev–Trinajstić information content (AvgIpc) is 3.62. The number of aromatic hydroxyl groups is 1. The van der Waals surface area contributed by atoms with E-state index in [4.69, 9.17) is 21.3 Å². The first-order chi connectivity index (χ1) is 17.0. The van der Waals surface area contributed by atoms with E-state index in [1.807, 2.05) is 42.7 Å². The van der Waals surface area contributed by atoms with Gasteiger partial charge < -0.3 is 20.1 Å². The topological polar surface area (TPSA) is 77.4 Å². The van der Waals surface area contributed by atoms with Gasteiger partial charge in [0.15, 0.2) is 5.54 Å². The number of morpholine rings is 1. The number of hydrogen-bond donors (Lipinski definition) is 2. The summed E-state index contributed by atoms with van der Waals surface area (Å²) in [6.07, 6.45) is 4.62. The van der Waals surface area contributed by atoms with Crippen LogP contribution in [-0.4, -0.2) is 78.6 Å². The molecule has 1 saturated heterocycles. The van der Waals surface area contributed by atoms with Crippen LogP contribution < -0.4 is 5.32 Å². The Morgan fingerprint density at radius 1 is 1.17 bits per heavy atom. The van der Waals surface area contributed by atoms with Crippen molar-refractivity contribution >= 4 is 23.8 Å². The Balaban J connectivity index is 1.46. The first-order valence-corrected chi connectivity index (χ1v) is 12.8. The molecule has 2 atom stereocenters. The van der Waals surface area contributed by atoms with Crippen molar-refractivity contribution in [3.8, 4) is 5.75 Å². The lowest BCUT2D eigenvalue weighted by molar-refractivity contribution is -0.127. The van der Waals surface area contributed by atoms with E-state index in [0.29, 0.717) is 29.5 Å².